The summed E-state index contributed by atoms with van der Waals surface area (Å²) < 4.78 is 35.3. The monoisotopic (exact) mass is 203 g/mol. The standard InChI is InChI=1S/C7H7BF3N2O/c9-8(10,11)2-1-6-3-12-7(5-14)13-4-6/h1-4,14H,5H2/q-1/b2-1+. The van der Waals surface area contributed by atoms with E-state index in [0.717, 1.165) is 6.08 Å². The second kappa shape index (κ2) is 4.23. The van der Waals surface area contributed by atoms with Gasteiger partial charge in [-0.3, -0.25) is 0 Å². The molecule has 0 aromatic carbocycles. The van der Waals surface area contributed by atoms with Crippen molar-refractivity contribution in [1.82, 2.24) is 9.97 Å². The number of rotatable bonds is 3. The highest BCUT2D eigenvalue weighted by atomic mass is 19.4. The Bertz CT molecular complexity index is 323. The van der Waals surface area contributed by atoms with Gasteiger partial charge in [0.05, 0.1) is 0 Å². The fourth-order valence-corrected chi connectivity index (χ4v) is 0.753. The van der Waals surface area contributed by atoms with Gasteiger partial charge >= 0.3 is 6.98 Å². The topological polar surface area (TPSA) is 46.0 Å². The molecule has 0 saturated carbocycles. The molecular formula is C7H7BF3N2O-. The second-order valence-electron chi connectivity index (χ2n) is 2.58. The van der Waals surface area contributed by atoms with E-state index in [2.05, 4.69) is 9.97 Å². The van der Waals surface area contributed by atoms with Crippen molar-refractivity contribution in [3.63, 3.8) is 0 Å². The average Bonchev–Trinajstić information content (AvgIpc) is 2.14. The minimum absolute atomic E-state index is 0.164. The van der Waals surface area contributed by atoms with Gasteiger partial charge in [0.15, 0.2) is 5.82 Å². The van der Waals surface area contributed by atoms with Gasteiger partial charge < -0.3 is 18.1 Å². The Morgan fingerprint density at radius 3 is 2.29 bits per heavy atom. The van der Waals surface area contributed by atoms with Crippen LogP contribution in [0.25, 0.3) is 6.08 Å². The third kappa shape index (κ3) is 3.57. The maximum absolute atomic E-state index is 11.8. The summed E-state index contributed by atoms with van der Waals surface area (Å²) in [5.41, 5.74) is 0.251. The van der Waals surface area contributed by atoms with E-state index in [-0.39, 0.29) is 24.0 Å². The van der Waals surface area contributed by atoms with Crippen LogP contribution in [0.3, 0.4) is 0 Å². The highest BCUT2D eigenvalue weighted by Gasteiger charge is 2.16. The first-order valence-electron chi connectivity index (χ1n) is 3.82. The average molecular weight is 203 g/mol. The largest absolute Gasteiger partial charge is 0.502 e. The first-order valence-corrected chi connectivity index (χ1v) is 3.82. The van der Waals surface area contributed by atoms with Crippen LogP contribution in [0.4, 0.5) is 12.9 Å². The van der Waals surface area contributed by atoms with Gasteiger partial charge in [0.2, 0.25) is 0 Å². The Kier molecular flexibility index (Phi) is 3.24. The van der Waals surface area contributed by atoms with Crippen molar-refractivity contribution < 1.29 is 18.1 Å². The minimum atomic E-state index is -4.93. The zero-order chi connectivity index (χ0) is 10.6. The van der Waals surface area contributed by atoms with Crippen LogP contribution >= 0.6 is 0 Å². The number of halogens is 3. The number of nitrogens with zero attached hydrogens (tertiary/aromatic N) is 2. The summed E-state index contributed by atoms with van der Waals surface area (Å²) in [7, 11) is 0. The van der Waals surface area contributed by atoms with Crippen LogP contribution in [0.1, 0.15) is 11.4 Å². The van der Waals surface area contributed by atoms with Crippen LogP contribution in [-0.4, -0.2) is 22.1 Å². The highest BCUT2D eigenvalue weighted by molar-refractivity contribution is 6.64. The lowest BCUT2D eigenvalue weighted by Crippen LogP contribution is -2.09. The quantitative estimate of drug-likeness (QED) is 0.754. The summed E-state index contributed by atoms with van der Waals surface area (Å²) in [6.45, 7) is -5.25. The van der Waals surface area contributed by atoms with E-state index in [1.165, 1.54) is 12.4 Å². The van der Waals surface area contributed by atoms with E-state index >= 15 is 0 Å². The Balaban J connectivity index is 2.74. The van der Waals surface area contributed by atoms with Gasteiger partial charge in [-0.25, -0.2) is 9.97 Å². The molecule has 0 atom stereocenters. The summed E-state index contributed by atoms with van der Waals surface area (Å²) in [6.07, 6.45) is 3.33. The van der Waals surface area contributed by atoms with Crippen LogP contribution in [0.5, 0.6) is 0 Å². The predicted molar refractivity (Wildman–Crippen MR) is 46.1 cm³/mol. The van der Waals surface area contributed by atoms with E-state index in [9.17, 15) is 12.9 Å². The fourth-order valence-electron chi connectivity index (χ4n) is 0.753. The van der Waals surface area contributed by atoms with Gasteiger partial charge in [0, 0.05) is 18.0 Å². The van der Waals surface area contributed by atoms with Gasteiger partial charge in [-0.15, -0.1) is 5.98 Å². The molecule has 0 aliphatic carbocycles. The Morgan fingerprint density at radius 1 is 1.29 bits per heavy atom. The number of hydrogen-bond acceptors (Lipinski definition) is 3. The molecule has 0 fully saturated rings. The molecule has 0 aliphatic rings. The first-order chi connectivity index (χ1) is 6.51. The summed E-state index contributed by atoms with van der Waals surface area (Å²) in [5.74, 6) is 0.344. The molecule has 1 aromatic heterocycles. The van der Waals surface area contributed by atoms with Crippen LogP contribution in [-0.2, 0) is 6.61 Å². The van der Waals surface area contributed by atoms with Crippen LogP contribution in [0.15, 0.2) is 18.4 Å². The van der Waals surface area contributed by atoms with Crippen molar-refractivity contribution in [2.45, 2.75) is 6.61 Å². The van der Waals surface area contributed by atoms with E-state index in [4.69, 9.17) is 5.11 Å². The predicted octanol–water partition coefficient (Wildman–Crippen LogP) is 1.37. The molecule has 1 heterocycles. The molecule has 3 nitrogen and oxygen atoms in total. The smallest absolute Gasteiger partial charge is 0.445 e. The molecule has 1 N–H and O–H groups in total. The Labute approximate surface area is 78.4 Å². The van der Waals surface area contributed by atoms with Crippen molar-refractivity contribution in [3.05, 3.63) is 29.8 Å². The molecule has 76 valence electrons. The number of aliphatic hydroxyl groups excluding tert-OH is 1. The maximum Gasteiger partial charge on any atom is 0.502 e. The lowest BCUT2D eigenvalue weighted by Gasteiger charge is -2.05. The zero-order valence-corrected chi connectivity index (χ0v) is 7.07. The molecule has 0 spiro atoms. The molecule has 0 bridgehead atoms. The molecule has 0 amide bonds. The maximum atomic E-state index is 11.8. The fraction of sp³-hybridized carbons (Fsp3) is 0.143. The number of aromatic nitrogens is 2. The number of hydrogen-bond donors (Lipinski definition) is 1. The van der Waals surface area contributed by atoms with E-state index in [1.807, 2.05) is 0 Å². The third-order valence-corrected chi connectivity index (χ3v) is 1.37. The SMILES string of the molecule is OCc1ncc(/C=C/[B-](F)(F)F)cn1. The van der Waals surface area contributed by atoms with Crippen molar-refractivity contribution >= 4 is 13.1 Å². The molecule has 0 saturated heterocycles. The van der Waals surface area contributed by atoms with Crippen LogP contribution < -0.4 is 0 Å². The molecule has 1 aromatic rings. The van der Waals surface area contributed by atoms with Gasteiger partial charge in [0.25, 0.3) is 0 Å². The van der Waals surface area contributed by atoms with Crippen molar-refractivity contribution in [2.75, 3.05) is 0 Å². The van der Waals surface area contributed by atoms with Crippen LogP contribution in [0, 0.1) is 0 Å². The van der Waals surface area contributed by atoms with Crippen LogP contribution in [0.2, 0.25) is 0 Å². The Morgan fingerprint density at radius 2 is 1.86 bits per heavy atom. The first kappa shape index (κ1) is 10.7. The lowest BCUT2D eigenvalue weighted by molar-refractivity contribution is 0.271. The van der Waals surface area contributed by atoms with E-state index < -0.39 is 6.98 Å². The summed E-state index contributed by atoms with van der Waals surface area (Å²) in [4.78, 5) is 7.25. The van der Waals surface area contributed by atoms with E-state index in [1.54, 1.807) is 0 Å². The van der Waals surface area contributed by atoms with Gasteiger partial charge in [0.1, 0.15) is 6.61 Å². The lowest BCUT2D eigenvalue weighted by atomic mass is 9.91. The zero-order valence-electron chi connectivity index (χ0n) is 7.07. The summed E-state index contributed by atoms with van der Waals surface area (Å²) in [5, 5.41) is 8.57. The molecule has 0 unspecified atom stereocenters. The summed E-state index contributed by atoms with van der Waals surface area (Å²) >= 11 is 0. The summed E-state index contributed by atoms with van der Waals surface area (Å²) in [6, 6.07) is 0. The second-order valence-corrected chi connectivity index (χ2v) is 2.58. The van der Waals surface area contributed by atoms with Crippen molar-refractivity contribution in [3.8, 4) is 0 Å². The normalized spacial score (nSPS) is 12.3. The highest BCUT2D eigenvalue weighted by Crippen LogP contribution is 2.11. The molecule has 1 rings (SSSR count). The molecule has 0 aliphatic heterocycles. The van der Waals surface area contributed by atoms with Gasteiger partial charge in [-0.2, -0.15) is 0 Å². The van der Waals surface area contributed by atoms with Gasteiger partial charge in [-0.05, 0) is 0 Å². The van der Waals surface area contributed by atoms with Gasteiger partial charge in [-0.1, -0.05) is 6.08 Å². The van der Waals surface area contributed by atoms with Crippen molar-refractivity contribution in [1.29, 1.82) is 0 Å². The molecule has 0 radical (unpaired) electrons. The molecular weight excluding hydrogens is 196 g/mol. The van der Waals surface area contributed by atoms with E-state index in [0.29, 0.717) is 0 Å². The third-order valence-electron chi connectivity index (χ3n) is 1.37. The van der Waals surface area contributed by atoms with Crippen molar-refractivity contribution in [2.24, 2.45) is 0 Å². The molecule has 7 heteroatoms. The minimum Gasteiger partial charge on any atom is -0.445 e. The molecule has 14 heavy (non-hydrogen) atoms. The number of aliphatic hydroxyl groups is 1. The Hall–Kier alpha value is -1.37.